The fourth-order valence-corrected chi connectivity index (χ4v) is 2.97. The van der Waals surface area contributed by atoms with Crippen LogP contribution in [0.3, 0.4) is 0 Å². The van der Waals surface area contributed by atoms with Crippen LogP contribution in [0.5, 0.6) is 0 Å². The Morgan fingerprint density at radius 2 is 1.92 bits per heavy atom. The standard InChI is InChI=1S/C19H29N3O2/c1-3-10-20-11-12-21-18(23)17-5-4-13-22(14-17)19(24)16-8-6-15(2)7-9-16/h6-9,17,20H,3-5,10-14H2,1-2H3,(H,21,23). The van der Waals surface area contributed by atoms with Crippen LogP contribution >= 0.6 is 0 Å². The lowest BCUT2D eigenvalue weighted by molar-refractivity contribution is -0.126. The van der Waals surface area contributed by atoms with Gasteiger partial charge in [-0.25, -0.2) is 0 Å². The second kappa shape index (κ2) is 9.42. The van der Waals surface area contributed by atoms with Crippen molar-refractivity contribution in [2.24, 2.45) is 5.92 Å². The lowest BCUT2D eigenvalue weighted by atomic mass is 9.96. The molecule has 1 aromatic carbocycles. The molecule has 0 aliphatic carbocycles. The predicted molar refractivity (Wildman–Crippen MR) is 96.0 cm³/mol. The minimum absolute atomic E-state index is 0.0251. The number of rotatable bonds is 7. The van der Waals surface area contributed by atoms with E-state index in [0.717, 1.165) is 44.5 Å². The van der Waals surface area contributed by atoms with Gasteiger partial charge in [0.1, 0.15) is 0 Å². The number of piperidine rings is 1. The fraction of sp³-hybridized carbons (Fsp3) is 0.579. The van der Waals surface area contributed by atoms with Crippen molar-refractivity contribution in [2.45, 2.75) is 33.1 Å². The molecule has 1 saturated heterocycles. The SMILES string of the molecule is CCCNCCNC(=O)C1CCCN(C(=O)c2ccc(C)cc2)C1. The number of amides is 2. The Kier molecular flexibility index (Phi) is 7.25. The summed E-state index contributed by atoms with van der Waals surface area (Å²) in [6.07, 6.45) is 2.82. The number of hydrogen-bond donors (Lipinski definition) is 2. The van der Waals surface area contributed by atoms with E-state index in [4.69, 9.17) is 0 Å². The molecule has 1 aliphatic rings. The smallest absolute Gasteiger partial charge is 0.253 e. The second-order valence-corrected chi connectivity index (χ2v) is 6.50. The lowest BCUT2D eigenvalue weighted by Crippen LogP contribution is -2.46. The molecule has 5 heteroatoms. The maximum atomic E-state index is 12.6. The van der Waals surface area contributed by atoms with Gasteiger partial charge in [-0.3, -0.25) is 9.59 Å². The van der Waals surface area contributed by atoms with Crippen LogP contribution in [0.2, 0.25) is 0 Å². The summed E-state index contributed by atoms with van der Waals surface area (Å²) < 4.78 is 0. The molecule has 1 atom stereocenters. The van der Waals surface area contributed by atoms with Crippen LogP contribution in [0.15, 0.2) is 24.3 Å². The number of carbonyl (C=O) groups excluding carboxylic acids is 2. The highest BCUT2D eigenvalue weighted by molar-refractivity contribution is 5.94. The van der Waals surface area contributed by atoms with Crippen molar-refractivity contribution in [3.05, 3.63) is 35.4 Å². The summed E-state index contributed by atoms with van der Waals surface area (Å²) in [7, 11) is 0. The quantitative estimate of drug-likeness (QED) is 0.751. The first-order valence-corrected chi connectivity index (χ1v) is 8.96. The van der Waals surface area contributed by atoms with Gasteiger partial charge in [-0.05, 0) is 44.9 Å². The minimum atomic E-state index is -0.0978. The molecular weight excluding hydrogens is 302 g/mol. The molecule has 0 saturated carbocycles. The summed E-state index contributed by atoms with van der Waals surface area (Å²) in [4.78, 5) is 26.7. The molecule has 0 radical (unpaired) electrons. The number of benzene rings is 1. The van der Waals surface area contributed by atoms with E-state index < -0.39 is 0 Å². The zero-order valence-corrected chi connectivity index (χ0v) is 14.8. The first-order chi connectivity index (χ1) is 11.6. The molecule has 2 rings (SSSR count). The molecular formula is C19H29N3O2. The maximum Gasteiger partial charge on any atom is 0.253 e. The van der Waals surface area contributed by atoms with Crippen molar-refractivity contribution in [1.82, 2.24) is 15.5 Å². The maximum absolute atomic E-state index is 12.6. The predicted octanol–water partition coefficient (Wildman–Crippen LogP) is 1.96. The first-order valence-electron chi connectivity index (χ1n) is 8.96. The Balaban J connectivity index is 1.83. The van der Waals surface area contributed by atoms with Crippen LogP contribution in [0.1, 0.15) is 42.1 Å². The van der Waals surface area contributed by atoms with E-state index in [1.54, 1.807) is 0 Å². The van der Waals surface area contributed by atoms with Crippen molar-refractivity contribution in [3.63, 3.8) is 0 Å². The molecule has 0 bridgehead atoms. The van der Waals surface area contributed by atoms with E-state index in [2.05, 4.69) is 17.6 Å². The van der Waals surface area contributed by atoms with Crippen LogP contribution in [0, 0.1) is 12.8 Å². The van der Waals surface area contributed by atoms with E-state index in [-0.39, 0.29) is 17.7 Å². The van der Waals surface area contributed by atoms with Crippen LogP contribution in [-0.2, 0) is 4.79 Å². The monoisotopic (exact) mass is 331 g/mol. The highest BCUT2D eigenvalue weighted by Gasteiger charge is 2.28. The van der Waals surface area contributed by atoms with Crippen LogP contribution in [0.4, 0.5) is 0 Å². The molecule has 132 valence electrons. The number of carbonyl (C=O) groups is 2. The molecule has 0 aromatic heterocycles. The molecule has 2 amide bonds. The summed E-state index contributed by atoms with van der Waals surface area (Å²) in [5.74, 6) is -0.00820. The lowest BCUT2D eigenvalue weighted by Gasteiger charge is -2.32. The molecule has 5 nitrogen and oxygen atoms in total. The van der Waals surface area contributed by atoms with Gasteiger partial charge in [-0.1, -0.05) is 24.6 Å². The third kappa shape index (κ3) is 5.34. The van der Waals surface area contributed by atoms with E-state index >= 15 is 0 Å². The normalized spacial score (nSPS) is 17.6. The molecule has 1 unspecified atom stereocenters. The van der Waals surface area contributed by atoms with Gasteiger partial charge >= 0.3 is 0 Å². The van der Waals surface area contributed by atoms with Crippen LogP contribution in [0.25, 0.3) is 0 Å². The highest BCUT2D eigenvalue weighted by atomic mass is 16.2. The van der Waals surface area contributed by atoms with E-state index in [1.807, 2.05) is 36.1 Å². The summed E-state index contributed by atoms with van der Waals surface area (Å²) in [6.45, 7) is 7.77. The van der Waals surface area contributed by atoms with Crippen LogP contribution < -0.4 is 10.6 Å². The number of hydrogen-bond acceptors (Lipinski definition) is 3. The average molecular weight is 331 g/mol. The Labute approximate surface area is 144 Å². The van der Waals surface area contributed by atoms with E-state index in [9.17, 15) is 9.59 Å². The van der Waals surface area contributed by atoms with E-state index in [0.29, 0.717) is 18.7 Å². The Morgan fingerprint density at radius 1 is 1.17 bits per heavy atom. The summed E-state index contributed by atoms with van der Waals surface area (Å²) in [5.41, 5.74) is 1.84. The molecule has 1 aliphatic heterocycles. The number of nitrogens with one attached hydrogen (secondary N) is 2. The highest BCUT2D eigenvalue weighted by Crippen LogP contribution is 2.19. The molecule has 1 aromatic rings. The summed E-state index contributed by atoms with van der Waals surface area (Å²) in [6, 6.07) is 7.62. The van der Waals surface area contributed by atoms with Gasteiger partial charge in [0.05, 0.1) is 5.92 Å². The van der Waals surface area contributed by atoms with Gasteiger partial charge in [-0.2, -0.15) is 0 Å². The Hall–Kier alpha value is -1.88. The third-order valence-corrected chi connectivity index (χ3v) is 4.41. The van der Waals surface area contributed by atoms with Gasteiger partial charge < -0.3 is 15.5 Å². The number of aryl methyl sites for hydroxylation is 1. The first kappa shape index (κ1) is 18.5. The van der Waals surface area contributed by atoms with Gasteiger partial charge in [0.25, 0.3) is 5.91 Å². The zero-order chi connectivity index (χ0) is 17.4. The molecule has 1 fully saturated rings. The summed E-state index contributed by atoms with van der Waals surface area (Å²) in [5, 5.41) is 6.25. The second-order valence-electron chi connectivity index (χ2n) is 6.50. The summed E-state index contributed by atoms with van der Waals surface area (Å²) >= 11 is 0. The van der Waals surface area contributed by atoms with Crippen molar-refractivity contribution >= 4 is 11.8 Å². The molecule has 0 spiro atoms. The van der Waals surface area contributed by atoms with Crippen molar-refractivity contribution < 1.29 is 9.59 Å². The Morgan fingerprint density at radius 3 is 2.62 bits per heavy atom. The minimum Gasteiger partial charge on any atom is -0.355 e. The van der Waals surface area contributed by atoms with Crippen molar-refractivity contribution in [3.8, 4) is 0 Å². The van der Waals surface area contributed by atoms with E-state index in [1.165, 1.54) is 0 Å². The number of nitrogens with zero attached hydrogens (tertiary/aromatic N) is 1. The topological polar surface area (TPSA) is 61.4 Å². The van der Waals surface area contributed by atoms with Crippen molar-refractivity contribution in [1.29, 1.82) is 0 Å². The average Bonchev–Trinajstić information content (AvgIpc) is 2.61. The number of likely N-dealkylation sites (tertiary alicyclic amines) is 1. The molecule has 24 heavy (non-hydrogen) atoms. The van der Waals surface area contributed by atoms with Gasteiger partial charge in [0.15, 0.2) is 0 Å². The molecule has 1 heterocycles. The van der Waals surface area contributed by atoms with Gasteiger partial charge in [0, 0.05) is 31.7 Å². The Bertz CT molecular complexity index is 542. The van der Waals surface area contributed by atoms with Gasteiger partial charge in [0.2, 0.25) is 5.91 Å². The van der Waals surface area contributed by atoms with Crippen molar-refractivity contribution in [2.75, 3.05) is 32.7 Å². The third-order valence-electron chi connectivity index (χ3n) is 4.41. The fourth-order valence-electron chi connectivity index (χ4n) is 2.97. The zero-order valence-electron chi connectivity index (χ0n) is 14.8. The van der Waals surface area contributed by atoms with Gasteiger partial charge in [-0.15, -0.1) is 0 Å². The largest absolute Gasteiger partial charge is 0.355 e. The van der Waals surface area contributed by atoms with Crippen LogP contribution in [-0.4, -0.2) is 49.4 Å². The molecule has 2 N–H and O–H groups in total.